The van der Waals surface area contributed by atoms with Crippen molar-refractivity contribution in [1.29, 1.82) is 0 Å². The van der Waals surface area contributed by atoms with Crippen molar-refractivity contribution < 1.29 is 9.59 Å². The lowest BCUT2D eigenvalue weighted by Crippen LogP contribution is -1.92. The van der Waals surface area contributed by atoms with Crippen LogP contribution in [0.2, 0.25) is 0 Å². The van der Waals surface area contributed by atoms with Crippen molar-refractivity contribution in [2.24, 2.45) is 0 Å². The summed E-state index contributed by atoms with van der Waals surface area (Å²) in [6.07, 6.45) is 2.99. The largest absolute Gasteiger partial charge is 0.289 e. The monoisotopic (exact) mass is 294 g/mol. The van der Waals surface area contributed by atoms with E-state index in [0.29, 0.717) is 11.1 Å². The van der Waals surface area contributed by atoms with Gasteiger partial charge >= 0.3 is 0 Å². The van der Waals surface area contributed by atoms with Gasteiger partial charge in [0.05, 0.1) is 0 Å². The van der Waals surface area contributed by atoms with E-state index in [1.54, 1.807) is 35.1 Å². The minimum absolute atomic E-state index is 0.0501. The maximum atomic E-state index is 11.8. The first-order valence-corrected chi connectivity index (χ1v) is 7.39. The summed E-state index contributed by atoms with van der Waals surface area (Å²) in [5.74, 6) is -0.100. The standard InChI is InChI=1S/C18H14O2S/c19-17(15-7-3-1-4-8-15)11-13-21-14-12-18(20)16-9-5-2-6-10-16/h1-14H/b13-11-,14-12+. The molecular formula is C18H14O2S. The van der Waals surface area contributed by atoms with Crippen molar-refractivity contribution in [3.63, 3.8) is 0 Å². The predicted octanol–water partition coefficient (Wildman–Crippen LogP) is 4.51. The van der Waals surface area contributed by atoms with Crippen LogP contribution in [0.15, 0.2) is 83.6 Å². The summed E-state index contributed by atoms with van der Waals surface area (Å²) in [6.45, 7) is 0. The lowest BCUT2D eigenvalue weighted by Gasteiger charge is -1.94. The number of thioether (sulfide) groups is 1. The van der Waals surface area contributed by atoms with Crippen molar-refractivity contribution in [2.45, 2.75) is 0 Å². The first-order valence-electron chi connectivity index (χ1n) is 6.45. The quantitative estimate of drug-likeness (QED) is 0.580. The second-order valence-corrected chi connectivity index (χ2v) is 5.02. The zero-order chi connectivity index (χ0) is 14.9. The number of allylic oxidation sites excluding steroid dienone is 2. The molecule has 2 rings (SSSR count). The number of carbonyl (C=O) groups is 2. The fraction of sp³-hybridized carbons (Fsp3) is 0. The lowest BCUT2D eigenvalue weighted by molar-refractivity contribution is 0.103. The highest BCUT2D eigenvalue weighted by Crippen LogP contribution is 2.09. The van der Waals surface area contributed by atoms with Gasteiger partial charge in [0.1, 0.15) is 0 Å². The van der Waals surface area contributed by atoms with Gasteiger partial charge in [-0.15, -0.1) is 11.8 Å². The van der Waals surface area contributed by atoms with Gasteiger partial charge in [0, 0.05) is 11.1 Å². The van der Waals surface area contributed by atoms with Crippen LogP contribution in [-0.4, -0.2) is 11.6 Å². The Balaban J connectivity index is 1.84. The van der Waals surface area contributed by atoms with E-state index in [4.69, 9.17) is 0 Å². The van der Waals surface area contributed by atoms with Crippen molar-refractivity contribution >= 4 is 23.3 Å². The van der Waals surface area contributed by atoms with Gasteiger partial charge < -0.3 is 0 Å². The third-order valence-electron chi connectivity index (χ3n) is 2.71. The molecule has 3 heteroatoms. The van der Waals surface area contributed by atoms with Crippen molar-refractivity contribution in [3.8, 4) is 0 Å². The summed E-state index contributed by atoms with van der Waals surface area (Å²) >= 11 is 1.30. The van der Waals surface area contributed by atoms with Crippen LogP contribution in [-0.2, 0) is 0 Å². The van der Waals surface area contributed by atoms with Crippen LogP contribution in [0.5, 0.6) is 0 Å². The Morgan fingerprint density at radius 2 is 1.05 bits per heavy atom. The number of carbonyl (C=O) groups excluding carboxylic acids is 2. The van der Waals surface area contributed by atoms with Gasteiger partial charge in [-0.05, 0) is 23.0 Å². The molecule has 104 valence electrons. The molecule has 0 saturated heterocycles. The molecule has 0 bridgehead atoms. The van der Waals surface area contributed by atoms with Crippen molar-refractivity contribution in [3.05, 3.63) is 94.8 Å². The molecule has 0 fully saturated rings. The molecule has 2 nitrogen and oxygen atoms in total. The molecule has 0 atom stereocenters. The van der Waals surface area contributed by atoms with E-state index in [2.05, 4.69) is 0 Å². The SMILES string of the molecule is O=C(/C=C\S/C=C/C(=O)c1ccccc1)c1ccccc1. The summed E-state index contributed by atoms with van der Waals surface area (Å²) < 4.78 is 0. The Hall–Kier alpha value is -2.39. The maximum absolute atomic E-state index is 11.8. The van der Waals surface area contributed by atoms with Gasteiger partial charge in [-0.2, -0.15) is 0 Å². The summed E-state index contributed by atoms with van der Waals surface area (Å²) in [4.78, 5) is 23.5. The molecule has 21 heavy (non-hydrogen) atoms. The molecule has 0 aliphatic rings. The van der Waals surface area contributed by atoms with E-state index in [1.807, 2.05) is 36.4 Å². The normalized spacial score (nSPS) is 11.0. The van der Waals surface area contributed by atoms with E-state index in [-0.39, 0.29) is 11.6 Å². The molecule has 0 saturated carbocycles. The van der Waals surface area contributed by atoms with Gasteiger partial charge in [-0.1, -0.05) is 60.7 Å². The van der Waals surface area contributed by atoms with Crippen LogP contribution in [0.4, 0.5) is 0 Å². The summed E-state index contributed by atoms with van der Waals surface area (Å²) in [6, 6.07) is 18.1. The minimum atomic E-state index is -0.0501. The van der Waals surface area contributed by atoms with Gasteiger partial charge in [0.2, 0.25) is 0 Å². The Kier molecular flexibility index (Phi) is 5.73. The van der Waals surface area contributed by atoms with E-state index in [1.165, 1.54) is 23.9 Å². The van der Waals surface area contributed by atoms with Gasteiger partial charge in [0.15, 0.2) is 11.6 Å². The van der Waals surface area contributed by atoms with E-state index in [9.17, 15) is 9.59 Å². The van der Waals surface area contributed by atoms with Crippen LogP contribution >= 0.6 is 11.8 Å². The topological polar surface area (TPSA) is 34.1 Å². The molecule has 0 aliphatic carbocycles. The summed E-state index contributed by atoms with van der Waals surface area (Å²) in [7, 11) is 0. The maximum Gasteiger partial charge on any atom is 0.186 e. The molecule has 0 aliphatic heterocycles. The number of rotatable bonds is 6. The molecular weight excluding hydrogens is 280 g/mol. The lowest BCUT2D eigenvalue weighted by atomic mass is 10.1. The fourth-order valence-corrected chi connectivity index (χ4v) is 2.14. The molecule has 0 N–H and O–H groups in total. The molecule has 0 unspecified atom stereocenters. The van der Waals surface area contributed by atoms with E-state index in [0.717, 1.165) is 0 Å². The predicted molar refractivity (Wildman–Crippen MR) is 87.4 cm³/mol. The highest BCUT2D eigenvalue weighted by molar-refractivity contribution is 8.04. The van der Waals surface area contributed by atoms with Crippen molar-refractivity contribution in [1.82, 2.24) is 0 Å². The summed E-state index contributed by atoms with van der Waals surface area (Å²) in [5, 5.41) is 3.34. The van der Waals surface area contributed by atoms with Gasteiger partial charge in [-0.3, -0.25) is 9.59 Å². The Labute approximate surface area is 128 Å². The number of hydrogen-bond acceptors (Lipinski definition) is 3. The van der Waals surface area contributed by atoms with E-state index >= 15 is 0 Å². The molecule has 0 heterocycles. The third-order valence-corrected chi connectivity index (χ3v) is 3.30. The first kappa shape index (κ1) is 15.0. The Morgan fingerprint density at radius 1 is 0.667 bits per heavy atom. The third kappa shape index (κ3) is 4.89. The zero-order valence-corrected chi connectivity index (χ0v) is 12.1. The highest BCUT2D eigenvalue weighted by atomic mass is 32.2. The van der Waals surface area contributed by atoms with Crippen LogP contribution in [0, 0.1) is 0 Å². The average Bonchev–Trinajstić information content (AvgIpc) is 2.55. The number of benzene rings is 2. The first-order chi connectivity index (χ1) is 10.3. The van der Waals surface area contributed by atoms with Crippen molar-refractivity contribution in [2.75, 3.05) is 0 Å². The Bertz CT molecular complexity index is 599. The summed E-state index contributed by atoms with van der Waals surface area (Å²) in [5.41, 5.74) is 1.30. The second kappa shape index (κ2) is 8.02. The smallest absolute Gasteiger partial charge is 0.186 e. The molecule has 0 aromatic heterocycles. The Morgan fingerprint density at radius 3 is 1.43 bits per heavy atom. The van der Waals surface area contributed by atoms with Gasteiger partial charge in [0.25, 0.3) is 0 Å². The van der Waals surface area contributed by atoms with Crippen LogP contribution in [0.25, 0.3) is 0 Å². The fourth-order valence-electron chi connectivity index (χ4n) is 1.64. The second-order valence-electron chi connectivity index (χ2n) is 4.20. The van der Waals surface area contributed by atoms with Crippen LogP contribution in [0.3, 0.4) is 0 Å². The van der Waals surface area contributed by atoms with Crippen LogP contribution < -0.4 is 0 Å². The zero-order valence-electron chi connectivity index (χ0n) is 11.3. The van der Waals surface area contributed by atoms with Gasteiger partial charge in [-0.25, -0.2) is 0 Å². The van der Waals surface area contributed by atoms with E-state index < -0.39 is 0 Å². The van der Waals surface area contributed by atoms with Crippen LogP contribution in [0.1, 0.15) is 20.7 Å². The molecule has 2 aromatic rings. The minimum Gasteiger partial charge on any atom is -0.289 e. The average molecular weight is 294 g/mol. The molecule has 0 amide bonds. The number of hydrogen-bond donors (Lipinski definition) is 0. The highest BCUT2D eigenvalue weighted by Gasteiger charge is 1.99. The molecule has 0 radical (unpaired) electrons. The number of ketones is 2. The molecule has 0 spiro atoms. The molecule has 2 aromatic carbocycles.